The number of ether oxygens (including phenoxy) is 1. The molecule has 1 aromatic rings. The molecule has 4 nitrogen and oxygen atoms in total. The van der Waals surface area contributed by atoms with Gasteiger partial charge in [-0.1, -0.05) is 13.8 Å². The molecule has 2 heterocycles. The zero-order valence-corrected chi connectivity index (χ0v) is 10.3. The highest BCUT2D eigenvalue weighted by molar-refractivity contribution is 5.75. The zero-order chi connectivity index (χ0) is 12.6. The van der Waals surface area contributed by atoms with Crippen LogP contribution >= 0.6 is 0 Å². The summed E-state index contributed by atoms with van der Waals surface area (Å²) in [6.07, 6.45) is 1.10. The first kappa shape index (κ1) is 11.9. The van der Waals surface area contributed by atoms with E-state index < -0.39 is 0 Å². The maximum Gasteiger partial charge on any atom is 0.312 e. The molecule has 1 aromatic heterocycles. The monoisotopic (exact) mass is 236 g/mol. The fourth-order valence-electron chi connectivity index (χ4n) is 2.20. The van der Waals surface area contributed by atoms with Crippen LogP contribution in [0.5, 0.6) is 5.75 Å². The predicted molar refractivity (Wildman–Crippen MR) is 62.2 cm³/mol. The second kappa shape index (κ2) is 4.35. The van der Waals surface area contributed by atoms with Crippen LogP contribution in [0.25, 0.3) is 0 Å². The van der Waals surface area contributed by atoms with Crippen LogP contribution in [0.4, 0.5) is 0 Å². The molecule has 0 aromatic carbocycles. The van der Waals surface area contributed by atoms with Gasteiger partial charge in [-0.25, -0.2) is 0 Å². The van der Waals surface area contributed by atoms with Crippen molar-refractivity contribution in [3.8, 4) is 5.75 Å². The van der Waals surface area contributed by atoms with Crippen molar-refractivity contribution in [2.45, 2.75) is 39.5 Å². The molecule has 0 N–H and O–H groups in total. The van der Waals surface area contributed by atoms with Gasteiger partial charge in [0.15, 0.2) is 5.76 Å². The number of carbonyl (C=O) groups excluding carboxylic acids is 1. The number of hydrogen-bond acceptors (Lipinski definition) is 4. The molecule has 92 valence electrons. The van der Waals surface area contributed by atoms with Gasteiger partial charge in [0, 0.05) is 12.0 Å². The normalized spacial score (nSPS) is 19.1. The molecule has 4 heteroatoms. The fourth-order valence-corrected chi connectivity index (χ4v) is 2.20. The maximum absolute atomic E-state index is 11.7. The second-order valence-electron chi connectivity index (χ2n) is 4.92. The summed E-state index contributed by atoms with van der Waals surface area (Å²) in [7, 11) is 0. The first-order chi connectivity index (χ1) is 7.97. The third kappa shape index (κ3) is 2.40. The Hall–Kier alpha value is -1.58. The van der Waals surface area contributed by atoms with Crippen molar-refractivity contribution >= 4 is 5.97 Å². The van der Waals surface area contributed by atoms with Gasteiger partial charge in [0.2, 0.25) is 11.2 Å². The Balaban J connectivity index is 2.48. The largest absolute Gasteiger partial charge is 0.462 e. The van der Waals surface area contributed by atoms with Crippen LogP contribution in [-0.4, -0.2) is 5.97 Å². The molecule has 1 aliphatic heterocycles. The summed E-state index contributed by atoms with van der Waals surface area (Å²) < 4.78 is 10.5. The van der Waals surface area contributed by atoms with Crippen molar-refractivity contribution in [1.29, 1.82) is 0 Å². The van der Waals surface area contributed by atoms with E-state index >= 15 is 0 Å². The van der Waals surface area contributed by atoms with E-state index in [-0.39, 0.29) is 29.5 Å². The number of rotatable bonds is 2. The highest BCUT2D eigenvalue weighted by Crippen LogP contribution is 2.36. The first-order valence-electron chi connectivity index (χ1n) is 5.82. The standard InChI is InChI=1S/C13H16O4/c1-7(2)4-9-6-11(15)17-13-10(14)5-8(3)16-12(9)13/h5,7,9H,4,6H2,1-3H3. The molecule has 0 aliphatic carbocycles. The topological polar surface area (TPSA) is 56.5 Å². The Morgan fingerprint density at radius 2 is 2.12 bits per heavy atom. The van der Waals surface area contributed by atoms with Gasteiger partial charge in [0.25, 0.3) is 0 Å². The summed E-state index contributed by atoms with van der Waals surface area (Å²) in [6, 6.07) is 1.35. The summed E-state index contributed by atoms with van der Waals surface area (Å²) in [5, 5.41) is 0. The van der Waals surface area contributed by atoms with E-state index in [1.165, 1.54) is 6.07 Å². The van der Waals surface area contributed by atoms with E-state index in [1.54, 1.807) is 6.92 Å². The van der Waals surface area contributed by atoms with E-state index in [1.807, 2.05) is 0 Å². The molecule has 0 spiro atoms. The van der Waals surface area contributed by atoms with Crippen molar-refractivity contribution < 1.29 is 13.9 Å². The predicted octanol–water partition coefficient (Wildman–Crippen LogP) is 2.39. The zero-order valence-electron chi connectivity index (χ0n) is 10.3. The Kier molecular flexibility index (Phi) is 3.05. The van der Waals surface area contributed by atoms with Crippen molar-refractivity contribution in [2.75, 3.05) is 0 Å². The molecule has 2 rings (SSSR count). The summed E-state index contributed by atoms with van der Waals surface area (Å²) in [6.45, 7) is 5.88. The van der Waals surface area contributed by atoms with Crippen LogP contribution in [0.3, 0.4) is 0 Å². The Bertz CT molecular complexity index is 499. The lowest BCUT2D eigenvalue weighted by Crippen LogP contribution is -2.25. The minimum atomic E-state index is -0.348. The third-order valence-corrected chi connectivity index (χ3v) is 2.81. The molecular formula is C13H16O4. The number of fused-ring (bicyclic) bond motifs is 1. The van der Waals surface area contributed by atoms with E-state index in [4.69, 9.17) is 9.15 Å². The number of esters is 1. The van der Waals surface area contributed by atoms with Gasteiger partial charge >= 0.3 is 5.97 Å². The highest BCUT2D eigenvalue weighted by atomic mass is 16.5. The van der Waals surface area contributed by atoms with Crippen molar-refractivity contribution in [1.82, 2.24) is 0 Å². The Morgan fingerprint density at radius 1 is 1.41 bits per heavy atom. The number of aryl methyl sites for hydroxylation is 1. The lowest BCUT2D eigenvalue weighted by atomic mass is 9.90. The van der Waals surface area contributed by atoms with Gasteiger partial charge in [-0.2, -0.15) is 0 Å². The molecule has 0 amide bonds. The minimum absolute atomic E-state index is 0.0427. The maximum atomic E-state index is 11.7. The molecule has 0 bridgehead atoms. The summed E-state index contributed by atoms with van der Waals surface area (Å²) in [5.41, 5.74) is -0.273. The van der Waals surface area contributed by atoms with Crippen LogP contribution in [0, 0.1) is 12.8 Å². The van der Waals surface area contributed by atoms with Crippen LogP contribution in [0.15, 0.2) is 15.3 Å². The third-order valence-electron chi connectivity index (χ3n) is 2.81. The molecule has 0 saturated heterocycles. The lowest BCUT2D eigenvalue weighted by molar-refractivity contribution is -0.136. The van der Waals surface area contributed by atoms with Crippen molar-refractivity contribution in [3.63, 3.8) is 0 Å². The van der Waals surface area contributed by atoms with Gasteiger partial charge in [0.05, 0.1) is 6.42 Å². The fraction of sp³-hybridized carbons (Fsp3) is 0.538. The first-order valence-corrected chi connectivity index (χ1v) is 5.82. The minimum Gasteiger partial charge on any atom is -0.462 e. The molecule has 0 fully saturated rings. The van der Waals surface area contributed by atoms with E-state index in [9.17, 15) is 9.59 Å². The quantitative estimate of drug-likeness (QED) is 0.740. The summed E-state index contributed by atoms with van der Waals surface area (Å²) >= 11 is 0. The van der Waals surface area contributed by atoms with E-state index in [2.05, 4.69) is 13.8 Å². The Labute approximate surface area is 99.6 Å². The molecular weight excluding hydrogens is 220 g/mol. The molecule has 0 saturated carbocycles. The van der Waals surface area contributed by atoms with Gasteiger partial charge < -0.3 is 9.15 Å². The molecule has 1 aliphatic rings. The summed E-state index contributed by atoms with van der Waals surface area (Å²) in [5.74, 6) is 1.21. The molecule has 1 atom stereocenters. The molecule has 1 unspecified atom stereocenters. The van der Waals surface area contributed by atoms with Gasteiger partial charge in [-0.05, 0) is 19.3 Å². The van der Waals surface area contributed by atoms with Crippen LogP contribution < -0.4 is 10.2 Å². The van der Waals surface area contributed by atoms with Crippen LogP contribution in [0.1, 0.15) is 44.1 Å². The van der Waals surface area contributed by atoms with E-state index in [0.717, 1.165) is 6.42 Å². The van der Waals surface area contributed by atoms with Crippen LogP contribution in [0.2, 0.25) is 0 Å². The van der Waals surface area contributed by atoms with Crippen molar-refractivity contribution in [2.24, 2.45) is 5.92 Å². The second-order valence-corrected chi connectivity index (χ2v) is 4.92. The highest BCUT2D eigenvalue weighted by Gasteiger charge is 2.32. The van der Waals surface area contributed by atoms with Crippen molar-refractivity contribution in [3.05, 3.63) is 27.8 Å². The van der Waals surface area contributed by atoms with Crippen LogP contribution in [-0.2, 0) is 4.79 Å². The van der Waals surface area contributed by atoms with Gasteiger partial charge in [0.1, 0.15) is 5.76 Å². The summed E-state index contributed by atoms with van der Waals surface area (Å²) in [4.78, 5) is 23.2. The average molecular weight is 236 g/mol. The molecule has 0 radical (unpaired) electrons. The smallest absolute Gasteiger partial charge is 0.312 e. The van der Waals surface area contributed by atoms with E-state index in [0.29, 0.717) is 17.4 Å². The average Bonchev–Trinajstić information content (AvgIpc) is 2.19. The lowest BCUT2D eigenvalue weighted by Gasteiger charge is -2.23. The van der Waals surface area contributed by atoms with Gasteiger partial charge in [-0.3, -0.25) is 9.59 Å². The van der Waals surface area contributed by atoms with Gasteiger partial charge in [-0.15, -0.1) is 0 Å². The number of carbonyl (C=O) groups is 1. The Morgan fingerprint density at radius 3 is 2.76 bits per heavy atom. The SMILES string of the molecule is Cc1cc(=O)c2c(o1)C(CC(C)C)CC(=O)O2. The molecule has 17 heavy (non-hydrogen) atoms. The number of hydrogen-bond donors (Lipinski definition) is 0.